The molecule has 11 heteroatoms. The zero-order valence-electron chi connectivity index (χ0n) is 19.3. The van der Waals surface area contributed by atoms with Gasteiger partial charge in [0.15, 0.2) is 0 Å². The van der Waals surface area contributed by atoms with Crippen LogP contribution in [0.15, 0.2) is 70.3 Å². The van der Waals surface area contributed by atoms with Crippen molar-refractivity contribution >= 4 is 56.4 Å². The number of esters is 1. The number of hydrogen-bond acceptors (Lipinski definition) is 7. The predicted molar refractivity (Wildman–Crippen MR) is 137 cm³/mol. The maximum atomic E-state index is 13.5. The number of thiophene rings is 1. The summed E-state index contributed by atoms with van der Waals surface area (Å²) >= 11 is 7.12. The minimum absolute atomic E-state index is 0.0140. The Labute approximate surface area is 218 Å². The Morgan fingerprint density at radius 1 is 1.14 bits per heavy atom. The van der Waals surface area contributed by atoms with Crippen LogP contribution in [0.2, 0.25) is 5.02 Å². The second kappa shape index (κ2) is 10.9. The molecular formula is C25H23ClN2O6S2. The summed E-state index contributed by atoms with van der Waals surface area (Å²) in [6.07, 6.45) is 0.00991. The van der Waals surface area contributed by atoms with E-state index < -0.39 is 33.8 Å². The Kier molecular flexibility index (Phi) is 7.89. The van der Waals surface area contributed by atoms with Crippen molar-refractivity contribution in [3.8, 4) is 0 Å². The fraction of sp³-hybridized carbons (Fsp3) is 0.240. The molecule has 1 unspecified atom stereocenters. The largest absolute Gasteiger partial charge is 0.462 e. The van der Waals surface area contributed by atoms with Crippen LogP contribution in [0.3, 0.4) is 0 Å². The zero-order valence-corrected chi connectivity index (χ0v) is 21.7. The molecule has 0 N–H and O–H groups in total. The number of sulfonamides is 1. The van der Waals surface area contributed by atoms with E-state index >= 15 is 0 Å². The summed E-state index contributed by atoms with van der Waals surface area (Å²) in [5, 5.41) is 2.16. The molecule has 2 amide bonds. The number of anilines is 1. The van der Waals surface area contributed by atoms with E-state index in [1.165, 1.54) is 30.3 Å². The molecule has 1 saturated heterocycles. The van der Waals surface area contributed by atoms with Crippen LogP contribution in [0, 0.1) is 0 Å². The molecule has 0 radical (unpaired) electrons. The number of halogens is 1. The number of imide groups is 1. The predicted octanol–water partition coefficient (Wildman–Crippen LogP) is 4.14. The highest BCUT2D eigenvalue weighted by atomic mass is 35.5. The Morgan fingerprint density at radius 2 is 1.89 bits per heavy atom. The number of carbonyl (C=O) groups is 3. The number of nitrogens with zero attached hydrogens (tertiary/aromatic N) is 2. The maximum Gasteiger partial charge on any atom is 0.338 e. The smallest absolute Gasteiger partial charge is 0.338 e. The van der Waals surface area contributed by atoms with Gasteiger partial charge in [0.05, 0.1) is 24.3 Å². The van der Waals surface area contributed by atoms with Crippen LogP contribution in [0.25, 0.3) is 0 Å². The van der Waals surface area contributed by atoms with Crippen molar-refractivity contribution in [2.24, 2.45) is 0 Å². The Hall–Kier alpha value is -3.05. The summed E-state index contributed by atoms with van der Waals surface area (Å²) in [4.78, 5) is 39.3. The highest BCUT2D eigenvalue weighted by molar-refractivity contribution is 7.91. The highest BCUT2D eigenvalue weighted by Crippen LogP contribution is 2.31. The second-order valence-electron chi connectivity index (χ2n) is 7.98. The first-order chi connectivity index (χ1) is 17.2. The van der Waals surface area contributed by atoms with Gasteiger partial charge < -0.3 is 4.74 Å². The van der Waals surface area contributed by atoms with Crippen molar-refractivity contribution in [3.63, 3.8) is 0 Å². The van der Waals surface area contributed by atoms with Gasteiger partial charge in [-0.15, -0.1) is 11.3 Å². The summed E-state index contributed by atoms with van der Waals surface area (Å²) in [6.45, 7) is 1.89. The number of carbonyl (C=O) groups excluding carboxylic acids is 3. The lowest BCUT2D eigenvalue weighted by molar-refractivity contribution is -0.122. The highest BCUT2D eigenvalue weighted by Gasteiger charge is 2.47. The van der Waals surface area contributed by atoms with Gasteiger partial charge in [-0.05, 0) is 66.8 Å². The summed E-state index contributed by atoms with van der Waals surface area (Å²) in [5.74, 6) is -1.69. The Bertz CT molecular complexity index is 1370. The van der Waals surface area contributed by atoms with E-state index in [1.807, 2.05) is 6.07 Å². The second-order valence-corrected chi connectivity index (χ2v) is 11.5. The van der Waals surface area contributed by atoms with Crippen LogP contribution < -0.4 is 4.90 Å². The Morgan fingerprint density at radius 3 is 2.53 bits per heavy atom. The molecule has 36 heavy (non-hydrogen) atoms. The van der Waals surface area contributed by atoms with Gasteiger partial charge in [0.2, 0.25) is 5.91 Å². The number of amides is 2. The monoisotopic (exact) mass is 546 g/mol. The van der Waals surface area contributed by atoms with Crippen molar-refractivity contribution in [3.05, 3.63) is 82.2 Å². The molecule has 4 rings (SSSR count). The van der Waals surface area contributed by atoms with Gasteiger partial charge >= 0.3 is 5.97 Å². The van der Waals surface area contributed by atoms with Crippen LogP contribution in [0.4, 0.5) is 5.69 Å². The first-order valence-corrected chi connectivity index (χ1v) is 13.9. The quantitative estimate of drug-likeness (QED) is 0.295. The van der Waals surface area contributed by atoms with Gasteiger partial charge in [-0.1, -0.05) is 29.8 Å². The third kappa shape index (κ3) is 5.36. The van der Waals surface area contributed by atoms with E-state index in [1.54, 1.807) is 36.6 Å². The van der Waals surface area contributed by atoms with E-state index in [4.69, 9.17) is 16.3 Å². The first kappa shape index (κ1) is 26.0. The molecule has 0 saturated carbocycles. The molecule has 1 aliphatic heterocycles. The van der Waals surface area contributed by atoms with Gasteiger partial charge in [0, 0.05) is 11.6 Å². The van der Waals surface area contributed by atoms with Gasteiger partial charge in [-0.3, -0.25) is 9.59 Å². The minimum Gasteiger partial charge on any atom is -0.462 e. The average Bonchev–Trinajstić information content (AvgIpc) is 3.49. The number of ether oxygens (including phenoxy) is 1. The number of rotatable bonds is 9. The SMILES string of the molecule is CCOC(=O)c1ccc(N2C(=O)CC(N(CCc3cccc(Cl)c3)S(=O)(=O)c3cccs3)C2=O)cc1. The molecule has 2 aromatic carbocycles. The summed E-state index contributed by atoms with van der Waals surface area (Å²) in [6, 6.07) is 14.8. The lowest BCUT2D eigenvalue weighted by atomic mass is 10.1. The number of hydrogen-bond donors (Lipinski definition) is 0. The van der Waals surface area contributed by atoms with Crippen molar-refractivity contribution < 1.29 is 27.5 Å². The first-order valence-electron chi connectivity index (χ1n) is 11.2. The van der Waals surface area contributed by atoms with Crippen LogP contribution in [-0.2, 0) is 30.8 Å². The minimum atomic E-state index is -4.05. The maximum absolute atomic E-state index is 13.5. The fourth-order valence-corrected chi connectivity index (χ4v) is 6.89. The molecule has 2 heterocycles. The van der Waals surface area contributed by atoms with E-state index in [0.29, 0.717) is 11.4 Å². The number of benzene rings is 2. The Balaban J connectivity index is 1.62. The summed E-state index contributed by atoms with van der Waals surface area (Å²) in [7, 11) is -4.05. The van der Waals surface area contributed by atoms with Gasteiger partial charge in [0.25, 0.3) is 15.9 Å². The summed E-state index contributed by atoms with van der Waals surface area (Å²) < 4.78 is 33.2. The van der Waals surface area contributed by atoms with Gasteiger partial charge in [-0.25, -0.2) is 18.1 Å². The fourth-order valence-electron chi connectivity index (χ4n) is 3.97. The van der Waals surface area contributed by atoms with Gasteiger partial charge in [-0.2, -0.15) is 4.31 Å². The zero-order chi connectivity index (χ0) is 25.9. The molecule has 0 bridgehead atoms. The van der Waals surface area contributed by atoms with Crippen LogP contribution in [0.1, 0.15) is 29.3 Å². The van der Waals surface area contributed by atoms with E-state index in [2.05, 4.69) is 0 Å². The van der Waals surface area contributed by atoms with Gasteiger partial charge in [0.1, 0.15) is 10.3 Å². The van der Waals surface area contributed by atoms with Crippen molar-refractivity contribution in [2.75, 3.05) is 18.1 Å². The molecule has 0 aliphatic carbocycles. The van der Waals surface area contributed by atoms with Crippen molar-refractivity contribution in [1.82, 2.24) is 4.31 Å². The molecule has 188 valence electrons. The molecule has 3 aromatic rings. The van der Waals surface area contributed by atoms with Crippen molar-refractivity contribution in [1.29, 1.82) is 0 Å². The average molecular weight is 547 g/mol. The molecule has 0 spiro atoms. The molecule has 1 aromatic heterocycles. The molecule has 1 fully saturated rings. The van der Waals surface area contributed by atoms with Crippen molar-refractivity contribution in [2.45, 2.75) is 30.0 Å². The molecular weight excluding hydrogens is 524 g/mol. The normalized spacial score (nSPS) is 16.1. The third-order valence-electron chi connectivity index (χ3n) is 5.68. The van der Waals surface area contributed by atoms with Crippen LogP contribution in [-0.4, -0.2) is 49.7 Å². The van der Waals surface area contributed by atoms with E-state index in [-0.39, 0.29) is 35.0 Å². The van der Waals surface area contributed by atoms with Crippen LogP contribution >= 0.6 is 22.9 Å². The van der Waals surface area contributed by atoms with Crippen LogP contribution in [0.5, 0.6) is 0 Å². The lowest BCUT2D eigenvalue weighted by Crippen LogP contribution is -2.46. The lowest BCUT2D eigenvalue weighted by Gasteiger charge is -2.26. The standard InChI is InChI=1S/C25H23ClN2O6S2/c1-2-34-25(31)18-8-10-20(11-9-18)28-22(29)16-21(24(28)30)27(36(32,33)23-7-4-14-35-23)13-12-17-5-3-6-19(26)15-17/h3-11,14-15,21H,2,12-13,16H2,1H3. The summed E-state index contributed by atoms with van der Waals surface area (Å²) in [5.41, 5.74) is 1.33. The topological polar surface area (TPSA) is 101 Å². The van der Waals surface area contributed by atoms with E-state index in [9.17, 15) is 22.8 Å². The molecule has 1 atom stereocenters. The van der Waals surface area contributed by atoms with E-state index in [0.717, 1.165) is 26.1 Å². The third-order valence-corrected chi connectivity index (χ3v) is 9.19. The molecule has 1 aliphatic rings. The molecule has 8 nitrogen and oxygen atoms in total.